The third-order valence-electron chi connectivity index (χ3n) is 11.5. The van der Waals surface area contributed by atoms with Gasteiger partial charge in [-0.3, -0.25) is 0 Å². The fraction of sp³-hybridized carbons (Fsp3) is 0.767. The summed E-state index contributed by atoms with van der Waals surface area (Å²) in [5.41, 5.74) is 0.991. The van der Waals surface area contributed by atoms with Crippen LogP contribution in [-0.2, 0) is 9.47 Å². The molecule has 210 valence electrons. The summed E-state index contributed by atoms with van der Waals surface area (Å²) in [4.78, 5) is 11.5. The summed E-state index contributed by atoms with van der Waals surface area (Å²) in [7, 11) is 0. The Morgan fingerprint density at radius 1 is 0.947 bits per heavy atom. The predicted octanol–water partition coefficient (Wildman–Crippen LogP) is 3.01. The van der Waals surface area contributed by atoms with Gasteiger partial charge in [0.25, 0.3) is 0 Å². The molecule has 0 amide bonds. The number of fused-ring (bicyclic) bond motifs is 5. The number of hydrogen-bond acceptors (Lipinski definition) is 8. The van der Waals surface area contributed by atoms with Gasteiger partial charge in [0, 0.05) is 11.5 Å². The molecule has 9 unspecified atom stereocenters. The number of hydrogen-bond donors (Lipinski definition) is 4. The molecule has 0 bridgehead atoms. The maximum atomic E-state index is 12.4. The van der Waals surface area contributed by atoms with Crippen LogP contribution >= 0.6 is 0 Å². The Bertz CT molecular complexity index is 1130. The number of aliphatic hydroxyl groups excluding tert-OH is 3. The minimum absolute atomic E-state index is 0.0213. The molecule has 1 aromatic rings. The highest BCUT2D eigenvalue weighted by Crippen LogP contribution is 2.70. The van der Waals surface area contributed by atoms with Crippen molar-refractivity contribution in [2.75, 3.05) is 0 Å². The van der Waals surface area contributed by atoms with Gasteiger partial charge in [-0.25, -0.2) is 4.79 Å². The lowest BCUT2D eigenvalue weighted by atomic mass is 9.45. The summed E-state index contributed by atoms with van der Waals surface area (Å²) in [6.45, 7) is 6.26. The quantitative estimate of drug-likeness (QED) is 0.439. The highest BCUT2D eigenvalue weighted by atomic mass is 16.7. The van der Waals surface area contributed by atoms with Gasteiger partial charge < -0.3 is 34.3 Å². The number of allylic oxidation sites excluding steroid dienone is 1. The minimum atomic E-state index is -1.31. The number of rotatable bonds is 3. The summed E-state index contributed by atoms with van der Waals surface area (Å²) in [5, 5.41) is 43.0. The molecule has 8 heteroatoms. The van der Waals surface area contributed by atoms with Crippen LogP contribution in [0, 0.1) is 22.7 Å². The molecule has 1 aromatic heterocycles. The van der Waals surface area contributed by atoms with Crippen molar-refractivity contribution in [2.45, 2.75) is 120 Å². The van der Waals surface area contributed by atoms with Gasteiger partial charge in [-0.2, -0.15) is 0 Å². The average Bonchev–Trinajstić information content (AvgIpc) is 3.18. The monoisotopic (exact) mass is 530 g/mol. The fourth-order valence-corrected chi connectivity index (χ4v) is 9.17. The molecule has 0 spiro atoms. The zero-order valence-corrected chi connectivity index (χ0v) is 22.6. The molecule has 4 N–H and O–H groups in total. The van der Waals surface area contributed by atoms with Crippen molar-refractivity contribution < 1.29 is 34.3 Å². The summed E-state index contributed by atoms with van der Waals surface area (Å²) in [6.07, 6.45) is 5.32. The van der Waals surface area contributed by atoms with Crippen molar-refractivity contribution in [2.24, 2.45) is 22.7 Å². The highest BCUT2D eigenvalue weighted by molar-refractivity contribution is 5.31. The van der Waals surface area contributed by atoms with Gasteiger partial charge >= 0.3 is 5.63 Å². The summed E-state index contributed by atoms with van der Waals surface area (Å²) in [6, 6.07) is 3.36. The molecule has 6 rings (SSSR count). The summed E-state index contributed by atoms with van der Waals surface area (Å²) < 4.78 is 17.0. The lowest BCUT2D eigenvalue weighted by molar-refractivity contribution is -0.301. The van der Waals surface area contributed by atoms with Crippen molar-refractivity contribution in [1.82, 2.24) is 0 Å². The molecule has 3 saturated carbocycles. The normalized spacial score (nSPS) is 50.5. The highest BCUT2D eigenvalue weighted by Gasteiger charge is 2.66. The Hall–Kier alpha value is -1.55. The second-order valence-electron chi connectivity index (χ2n) is 13.1. The molecule has 1 saturated heterocycles. The van der Waals surface area contributed by atoms with E-state index in [0.717, 1.165) is 56.9 Å². The van der Waals surface area contributed by atoms with E-state index < -0.39 is 36.3 Å². The third kappa shape index (κ3) is 3.82. The van der Waals surface area contributed by atoms with E-state index in [1.54, 1.807) is 13.2 Å². The molecule has 0 aromatic carbocycles. The van der Waals surface area contributed by atoms with E-state index in [1.165, 1.54) is 11.6 Å². The van der Waals surface area contributed by atoms with Crippen LogP contribution in [-0.4, -0.2) is 62.8 Å². The van der Waals surface area contributed by atoms with E-state index >= 15 is 0 Å². The second kappa shape index (κ2) is 9.25. The average molecular weight is 531 g/mol. The standard InChI is InChI=1S/C30H42O8/c1-16-24(32)25(33)26(34)27(37-16)38-19-8-11-28(2)18(14-19)5-6-22-21(28)9-12-29(3)20(10-13-30(22,29)35)17-4-7-23(31)36-15-17/h4,7,14-16,19-22,24-27,32-35H,5-6,8-13H2,1-3H3/t16?,19?,20?,21?,22?,24?,25?,26?,27?,28-,29+,30-/m0/s1. The van der Waals surface area contributed by atoms with Crippen LogP contribution in [0.5, 0.6) is 0 Å². The second-order valence-corrected chi connectivity index (χ2v) is 13.1. The van der Waals surface area contributed by atoms with Gasteiger partial charge in [0.2, 0.25) is 0 Å². The molecule has 12 atom stereocenters. The molecule has 4 fully saturated rings. The SMILES string of the molecule is CC1OC(OC2C=C3CCC4C(CC[C@]5(C)C(c6ccc(=O)oc6)CC[C@]45O)[C@@]3(C)CC2)C(O)C(O)C1O. The Morgan fingerprint density at radius 2 is 1.74 bits per heavy atom. The van der Waals surface area contributed by atoms with Gasteiger partial charge in [0.1, 0.15) is 18.3 Å². The van der Waals surface area contributed by atoms with E-state index in [1.807, 2.05) is 6.07 Å². The molecular weight excluding hydrogens is 488 g/mol. The number of ether oxygens (including phenoxy) is 2. The van der Waals surface area contributed by atoms with Crippen LogP contribution in [0.1, 0.15) is 83.6 Å². The largest absolute Gasteiger partial charge is 0.431 e. The minimum Gasteiger partial charge on any atom is -0.431 e. The zero-order chi connectivity index (χ0) is 27.0. The van der Waals surface area contributed by atoms with Gasteiger partial charge in [-0.05, 0) is 93.1 Å². The van der Waals surface area contributed by atoms with Gasteiger partial charge in [-0.1, -0.05) is 25.5 Å². The van der Waals surface area contributed by atoms with E-state index in [2.05, 4.69) is 19.9 Å². The van der Waals surface area contributed by atoms with E-state index in [4.69, 9.17) is 13.9 Å². The van der Waals surface area contributed by atoms with Crippen LogP contribution in [0.2, 0.25) is 0 Å². The summed E-state index contributed by atoms with van der Waals surface area (Å²) in [5.74, 6) is 0.759. The molecule has 1 aliphatic heterocycles. The van der Waals surface area contributed by atoms with Crippen LogP contribution in [0.4, 0.5) is 0 Å². The Morgan fingerprint density at radius 3 is 2.47 bits per heavy atom. The maximum Gasteiger partial charge on any atom is 0.335 e. The van der Waals surface area contributed by atoms with Crippen LogP contribution in [0.25, 0.3) is 0 Å². The van der Waals surface area contributed by atoms with Crippen LogP contribution in [0.3, 0.4) is 0 Å². The molecule has 5 aliphatic rings. The van der Waals surface area contributed by atoms with Gasteiger partial charge in [-0.15, -0.1) is 0 Å². The van der Waals surface area contributed by atoms with E-state index in [0.29, 0.717) is 5.92 Å². The molecular formula is C30H42O8. The van der Waals surface area contributed by atoms with E-state index in [-0.39, 0.29) is 34.4 Å². The first-order valence-electron chi connectivity index (χ1n) is 14.4. The molecule has 8 nitrogen and oxygen atoms in total. The zero-order valence-electron chi connectivity index (χ0n) is 22.6. The first kappa shape index (κ1) is 26.7. The van der Waals surface area contributed by atoms with Gasteiger partial charge in [0.05, 0.1) is 24.1 Å². The van der Waals surface area contributed by atoms with Gasteiger partial charge in [0.15, 0.2) is 6.29 Å². The lowest BCUT2D eigenvalue weighted by Gasteiger charge is -2.62. The van der Waals surface area contributed by atoms with Crippen molar-refractivity contribution in [3.63, 3.8) is 0 Å². The maximum absolute atomic E-state index is 12.4. The van der Waals surface area contributed by atoms with Crippen molar-refractivity contribution in [3.8, 4) is 0 Å². The molecule has 38 heavy (non-hydrogen) atoms. The van der Waals surface area contributed by atoms with Crippen molar-refractivity contribution in [3.05, 3.63) is 46.0 Å². The Labute approximate surface area is 223 Å². The number of aliphatic hydroxyl groups is 4. The van der Waals surface area contributed by atoms with Crippen molar-refractivity contribution in [1.29, 1.82) is 0 Å². The summed E-state index contributed by atoms with van der Waals surface area (Å²) >= 11 is 0. The fourth-order valence-electron chi connectivity index (χ4n) is 9.17. The van der Waals surface area contributed by atoms with Crippen LogP contribution < -0.4 is 5.63 Å². The predicted molar refractivity (Wildman–Crippen MR) is 138 cm³/mol. The molecule has 2 heterocycles. The molecule has 0 radical (unpaired) electrons. The van der Waals surface area contributed by atoms with Crippen molar-refractivity contribution >= 4 is 0 Å². The Balaban J connectivity index is 1.21. The lowest BCUT2D eigenvalue weighted by Crippen LogP contribution is -2.60. The molecule has 4 aliphatic carbocycles. The Kier molecular flexibility index (Phi) is 6.49. The topological polar surface area (TPSA) is 130 Å². The smallest absolute Gasteiger partial charge is 0.335 e. The first-order valence-corrected chi connectivity index (χ1v) is 14.4. The first-order chi connectivity index (χ1) is 18.0. The van der Waals surface area contributed by atoms with Crippen LogP contribution in [0.15, 0.2) is 39.3 Å². The van der Waals surface area contributed by atoms with E-state index in [9.17, 15) is 25.2 Å². The third-order valence-corrected chi connectivity index (χ3v) is 11.5.